The number of rotatable bonds is 6. The monoisotopic (exact) mass is 267 g/mol. The number of unbranched alkanes of at least 4 members (excludes halogenated alkanes) is 1. The van der Waals surface area contributed by atoms with Crippen LogP contribution >= 0.6 is 11.8 Å². The second-order valence-electron chi connectivity index (χ2n) is 3.47. The zero-order valence-corrected chi connectivity index (χ0v) is 10.1. The molecule has 0 saturated carbocycles. The van der Waals surface area contributed by atoms with Gasteiger partial charge in [-0.15, -0.1) is 0 Å². The molecular weight excluding hydrogens is 254 g/mol. The first kappa shape index (κ1) is 14.2. The Kier molecular flexibility index (Phi) is 5.61. The lowest BCUT2D eigenvalue weighted by molar-refractivity contribution is 0.458. The average Bonchev–Trinajstić information content (AvgIpc) is 2.30. The largest absolute Gasteiger partial charge is 0.380 e. The lowest BCUT2D eigenvalue weighted by Crippen LogP contribution is -2.08. The van der Waals surface area contributed by atoms with Crippen molar-refractivity contribution in [2.24, 2.45) is 0 Å². The van der Waals surface area contributed by atoms with Crippen LogP contribution in [0.5, 0.6) is 0 Å². The van der Waals surface area contributed by atoms with E-state index in [1.807, 2.05) is 6.26 Å². The van der Waals surface area contributed by atoms with Gasteiger partial charge < -0.3 is 5.32 Å². The van der Waals surface area contributed by atoms with Crippen LogP contribution in [0.2, 0.25) is 0 Å². The van der Waals surface area contributed by atoms with E-state index in [1.165, 1.54) is 0 Å². The zero-order valence-electron chi connectivity index (χ0n) is 9.33. The molecule has 0 aromatic heterocycles. The van der Waals surface area contributed by atoms with Gasteiger partial charge in [0.1, 0.15) is 5.69 Å². The Labute approximate surface area is 102 Å². The summed E-state index contributed by atoms with van der Waals surface area (Å²) in [6, 6.07) is 0.198. The van der Waals surface area contributed by atoms with Gasteiger partial charge in [0.2, 0.25) is 0 Å². The first-order chi connectivity index (χ1) is 8.07. The van der Waals surface area contributed by atoms with Gasteiger partial charge in [0.25, 0.3) is 0 Å². The van der Waals surface area contributed by atoms with Gasteiger partial charge in [0.05, 0.1) is 0 Å². The van der Waals surface area contributed by atoms with Crippen LogP contribution in [-0.4, -0.2) is 18.6 Å². The van der Waals surface area contributed by atoms with E-state index in [4.69, 9.17) is 0 Å². The number of anilines is 1. The van der Waals surface area contributed by atoms with Crippen molar-refractivity contribution in [3.8, 4) is 0 Å². The third kappa shape index (κ3) is 3.80. The summed E-state index contributed by atoms with van der Waals surface area (Å²) < 4.78 is 52.0. The molecule has 0 aliphatic heterocycles. The van der Waals surface area contributed by atoms with E-state index in [0.29, 0.717) is 6.42 Å². The number of benzene rings is 1. The summed E-state index contributed by atoms with van der Waals surface area (Å²) in [7, 11) is 0. The molecule has 17 heavy (non-hydrogen) atoms. The molecule has 0 atom stereocenters. The maximum Gasteiger partial charge on any atom is 0.185 e. The second-order valence-corrected chi connectivity index (χ2v) is 4.46. The van der Waals surface area contributed by atoms with Crippen LogP contribution in [0.3, 0.4) is 0 Å². The van der Waals surface area contributed by atoms with E-state index < -0.39 is 29.0 Å². The Morgan fingerprint density at radius 2 is 1.65 bits per heavy atom. The van der Waals surface area contributed by atoms with Crippen LogP contribution in [0, 0.1) is 23.3 Å². The van der Waals surface area contributed by atoms with Crippen molar-refractivity contribution in [2.45, 2.75) is 12.8 Å². The fourth-order valence-corrected chi connectivity index (χ4v) is 1.81. The van der Waals surface area contributed by atoms with E-state index in [-0.39, 0.29) is 12.6 Å². The third-order valence-corrected chi connectivity index (χ3v) is 2.89. The Bertz CT molecular complexity index is 358. The smallest absolute Gasteiger partial charge is 0.185 e. The molecule has 0 heterocycles. The Balaban J connectivity index is 2.64. The predicted octanol–water partition coefficient (Wildman–Crippen LogP) is 3.80. The van der Waals surface area contributed by atoms with Crippen LogP contribution in [0.25, 0.3) is 0 Å². The van der Waals surface area contributed by atoms with Crippen molar-refractivity contribution in [3.05, 3.63) is 29.3 Å². The Hall–Kier alpha value is -0.910. The van der Waals surface area contributed by atoms with Crippen molar-refractivity contribution in [3.63, 3.8) is 0 Å². The van der Waals surface area contributed by atoms with E-state index in [1.54, 1.807) is 11.8 Å². The maximum absolute atomic E-state index is 13.2. The molecule has 1 aromatic rings. The van der Waals surface area contributed by atoms with Crippen molar-refractivity contribution in [1.82, 2.24) is 0 Å². The van der Waals surface area contributed by atoms with Crippen molar-refractivity contribution < 1.29 is 17.6 Å². The summed E-state index contributed by atoms with van der Waals surface area (Å²) in [4.78, 5) is 0. The minimum Gasteiger partial charge on any atom is -0.380 e. The molecular formula is C11H13F4NS. The van der Waals surface area contributed by atoms with Crippen molar-refractivity contribution in [2.75, 3.05) is 23.9 Å². The molecule has 0 fully saturated rings. The lowest BCUT2D eigenvalue weighted by Gasteiger charge is -2.09. The molecule has 0 spiro atoms. The van der Waals surface area contributed by atoms with Crippen LogP contribution in [0.1, 0.15) is 12.8 Å². The molecule has 0 unspecified atom stereocenters. The average molecular weight is 267 g/mol. The molecule has 96 valence electrons. The molecule has 0 aliphatic carbocycles. The Morgan fingerprint density at radius 1 is 1.06 bits per heavy atom. The summed E-state index contributed by atoms with van der Waals surface area (Å²) in [5.41, 5.74) is -0.730. The first-order valence-corrected chi connectivity index (χ1v) is 6.53. The predicted molar refractivity (Wildman–Crippen MR) is 62.4 cm³/mol. The van der Waals surface area contributed by atoms with Gasteiger partial charge in [0, 0.05) is 12.6 Å². The summed E-state index contributed by atoms with van der Waals surface area (Å²) in [6.07, 6.45) is 3.50. The number of halogens is 4. The van der Waals surface area contributed by atoms with Gasteiger partial charge in [-0.05, 0) is 24.9 Å². The second kappa shape index (κ2) is 6.74. The summed E-state index contributed by atoms with van der Waals surface area (Å²) >= 11 is 1.66. The van der Waals surface area contributed by atoms with Gasteiger partial charge in [-0.1, -0.05) is 0 Å². The third-order valence-electron chi connectivity index (χ3n) is 2.19. The van der Waals surface area contributed by atoms with E-state index in [9.17, 15) is 17.6 Å². The van der Waals surface area contributed by atoms with Crippen LogP contribution in [0.4, 0.5) is 23.2 Å². The highest BCUT2D eigenvalue weighted by Gasteiger charge is 2.18. The molecule has 6 heteroatoms. The van der Waals surface area contributed by atoms with E-state index in [2.05, 4.69) is 5.32 Å². The van der Waals surface area contributed by atoms with Gasteiger partial charge in [-0.3, -0.25) is 0 Å². The summed E-state index contributed by atoms with van der Waals surface area (Å²) in [6.45, 7) is 0.275. The minimum absolute atomic E-state index is 0.198. The molecule has 1 N–H and O–H groups in total. The highest BCUT2D eigenvalue weighted by atomic mass is 32.2. The van der Waals surface area contributed by atoms with Crippen molar-refractivity contribution in [1.29, 1.82) is 0 Å². The molecule has 1 rings (SSSR count). The van der Waals surface area contributed by atoms with Gasteiger partial charge >= 0.3 is 0 Å². The number of thioether (sulfide) groups is 1. The van der Waals surface area contributed by atoms with Gasteiger partial charge in [-0.25, -0.2) is 17.6 Å². The fraction of sp³-hybridized carbons (Fsp3) is 0.455. The van der Waals surface area contributed by atoms with Gasteiger partial charge in [0.15, 0.2) is 23.3 Å². The topological polar surface area (TPSA) is 12.0 Å². The molecule has 0 aliphatic rings. The molecule has 0 saturated heterocycles. The van der Waals surface area contributed by atoms with Crippen molar-refractivity contribution >= 4 is 17.4 Å². The number of hydrogen-bond acceptors (Lipinski definition) is 2. The van der Waals surface area contributed by atoms with Crippen LogP contribution in [0.15, 0.2) is 6.07 Å². The zero-order chi connectivity index (χ0) is 12.8. The molecule has 0 amide bonds. The number of nitrogens with one attached hydrogen (secondary N) is 1. The first-order valence-electron chi connectivity index (χ1n) is 5.13. The molecule has 0 bridgehead atoms. The fourth-order valence-electron chi connectivity index (χ4n) is 1.31. The molecule has 1 nitrogen and oxygen atoms in total. The maximum atomic E-state index is 13.2. The summed E-state index contributed by atoms with van der Waals surface area (Å²) in [5.74, 6) is -4.61. The standard InChI is InChI=1S/C11H13F4NS/c1-17-5-3-2-4-16-11-9(14)7(12)6-8(13)10(11)15/h6,16H,2-5H2,1H3. The Morgan fingerprint density at radius 3 is 2.18 bits per heavy atom. The quantitative estimate of drug-likeness (QED) is 0.478. The number of hydrogen-bond donors (Lipinski definition) is 1. The van der Waals surface area contributed by atoms with E-state index in [0.717, 1.165) is 12.2 Å². The molecule has 1 aromatic carbocycles. The van der Waals surface area contributed by atoms with Gasteiger partial charge in [-0.2, -0.15) is 11.8 Å². The minimum atomic E-state index is -1.39. The highest BCUT2D eigenvalue weighted by molar-refractivity contribution is 7.98. The summed E-state index contributed by atoms with van der Waals surface area (Å²) in [5, 5.41) is 2.38. The lowest BCUT2D eigenvalue weighted by atomic mass is 10.2. The normalized spacial score (nSPS) is 10.6. The van der Waals surface area contributed by atoms with Crippen LogP contribution < -0.4 is 5.32 Å². The van der Waals surface area contributed by atoms with Crippen LogP contribution in [-0.2, 0) is 0 Å². The van der Waals surface area contributed by atoms with E-state index >= 15 is 0 Å². The molecule has 0 radical (unpaired) electrons. The highest BCUT2D eigenvalue weighted by Crippen LogP contribution is 2.24. The SMILES string of the molecule is CSCCCCNc1c(F)c(F)cc(F)c1F.